The maximum absolute atomic E-state index is 12.9. The fraction of sp³-hybridized carbons (Fsp3) is 0.800. The molecule has 0 N–H and O–H groups in total. The third-order valence-corrected chi connectivity index (χ3v) is 13.5. The zero-order chi connectivity index (χ0) is 51.4. The molecule has 0 rings (SSSR count). The van der Waals surface area contributed by atoms with Crippen LogP contribution in [0.25, 0.3) is 0 Å². The summed E-state index contributed by atoms with van der Waals surface area (Å²) in [6.45, 7) is 6.61. The summed E-state index contributed by atoms with van der Waals surface area (Å²) in [5.74, 6) is -0.944. The van der Waals surface area contributed by atoms with Gasteiger partial charge in [-0.3, -0.25) is 14.4 Å². The van der Waals surface area contributed by atoms with E-state index in [1.54, 1.807) is 0 Å². The highest BCUT2D eigenvalue weighted by molar-refractivity contribution is 5.71. The van der Waals surface area contributed by atoms with Crippen molar-refractivity contribution < 1.29 is 28.6 Å². The van der Waals surface area contributed by atoms with Gasteiger partial charge in [-0.1, -0.05) is 255 Å². The lowest BCUT2D eigenvalue weighted by Crippen LogP contribution is -2.30. The Labute approximate surface area is 440 Å². The largest absolute Gasteiger partial charge is 0.462 e. The number of hydrogen-bond donors (Lipinski definition) is 0. The number of unbranched alkanes of at least 4 members (excludes halogenated alkanes) is 35. The molecule has 71 heavy (non-hydrogen) atoms. The van der Waals surface area contributed by atoms with Crippen molar-refractivity contribution in [3.8, 4) is 0 Å². The third-order valence-electron chi connectivity index (χ3n) is 13.5. The lowest BCUT2D eigenvalue weighted by Gasteiger charge is -2.18. The monoisotopic (exact) mass is 993 g/mol. The minimum Gasteiger partial charge on any atom is -0.462 e. The van der Waals surface area contributed by atoms with Gasteiger partial charge in [-0.25, -0.2) is 0 Å². The van der Waals surface area contributed by atoms with Crippen LogP contribution in [0.4, 0.5) is 0 Å². The second kappa shape index (κ2) is 59.7. The maximum atomic E-state index is 12.9. The van der Waals surface area contributed by atoms with E-state index < -0.39 is 6.10 Å². The molecule has 0 radical (unpaired) electrons. The average molecular weight is 994 g/mol. The molecule has 0 aromatic heterocycles. The molecule has 0 aliphatic carbocycles. The van der Waals surface area contributed by atoms with Gasteiger partial charge in [0.25, 0.3) is 0 Å². The predicted octanol–water partition coefficient (Wildman–Crippen LogP) is 20.8. The molecule has 0 fully saturated rings. The Morgan fingerprint density at radius 3 is 0.845 bits per heavy atom. The van der Waals surface area contributed by atoms with Crippen molar-refractivity contribution in [3.63, 3.8) is 0 Å². The van der Waals surface area contributed by atoms with E-state index in [0.717, 1.165) is 64.2 Å². The van der Waals surface area contributed by atoms with Crippen molar-refractivity contribution in [2.24, 2.45) is 0 Å². The summed E-state index contributed by atoms with van der Waals surface area (Å²) in [5, 5.41) is 0. The highest BCUT2D eigenvalue weighted by Crippen LogP contribution is 2.16. The van der Waals surface area contributed by atoms with Crippen LogP contribution in [-0.2, 0) is 28.6 Å². The van der Waals surface area contributed by atoms with Gasteiger partial charge in [0.15, 0.2) is 6.10 Å². The van der Waals surface area contributed by atoms with E-state index >= 15 is 0 Å². The minimum absolute atomic E-state index is 0.0955. The van der Waals surface area contributed by atoms with E-state index in [0.29, 0.717) is 19.3 Å². The van der Waals surface area contributed by atoms with Crippen molar-refractivity contribution in [3.05, 3.63) is 60.8 Å². The molecular weight excluding hydrogens is 877 g/mol. The molecule has 0 spiro atoms. The van der Waals surface area contributed by atoms with Crippen LogP contribution in [0.15, 0.2) is 60.8 Å². The fourth-order valence-corrected chi connectivity index (χ4v) is 8.80. The Morgan fingerprint density at radius 1 is 0.282 bits per heavy atom. The number of carbonyl (C=O) groups is 3. The van der Waals surface area contributed by atoms with Crippen LogP contribution in [0.1, 0.15) is 316 Å². The van der Waals surface area contributed by atoms with Crippen molar-refractivity contribution >= 4 is 17.9 Å². The fourth-order valence-electron chi connectivity index (χ4n) is 8.80. The third kappa shape index (κ3) is 57.9. The van der Waals surface area contributed by atoms with E-state index in [-0.39, 0.29) is 37.5 Å². The Morgan fingerprint density at radius 2 is 0.521 bits per heavy atom. The first-order chi connectivity index (χ1) is 35.0. The van der Waals surface area contributed by atoms with Gasteiger partial charge < -0.3 is 14.2 Å². The summed E-state index contributed by atoms with van der Waals surface area (Å²) in [6, 6.07) is 0. The number of hydrogen-bond acceptors (Lipinski definition) is 6. The molecule has 412 valence electrons. The van der Waals surface area contributed by atoms with Gasteiger partial charge in [0, 0.05) is 19.3 Å². The molecule has 0 amide bonds. The SMILES string of the molecule is CCCCCCCC/C=C\C/C=C\C/C=C\CCCC(=O)O[C@@H](COC(=O)CCCCCCC/C=C\CCCCCCCC)COC(=O)CCCCCCCCCCCCC/C=C\CCCCCCCC. The molecule has 0 aromatic carbocycles. The van der Waals surface area contributed by atoms with Crippen molar-refractivity contribution in [1.82, 2.24) is 0 Å². The van der Waals surface area contributed by atoms with Crippen LogP contribution in [0.5, 0.6) is 0 Å². The van der Waals surface area contributed by atoms with E-state index in [4.69, 9.17) is 14.2 Å². The summed E-state index contributed by atoms with van der Waals surface area (Å²) in [6.07, 6.45) is 75.1. The number of allylic oxidation sites excluding steroid dienone is 10. The van der Waals surface area contributed by atoms with Gasteiger partial charge in [-0.05, 0) is 103 Å². The molecule has 0 aliphatic rings. The van der Waals surface area contributed by atoms with Gasteiger partial charge >= 0.3 is 17.9 Å². The minimum atomic E-state index is -0.804. The molecule has 0 saturated carbocycles. The Balaban J connectivity index is 4.40. The molecule has 1 atom stereocenters. The zero-order valence-electron chi connectivity index (χ0n) is 47.2. The Kier molecular flexibility index (Phi) is 57.2. The maximum Gasteiger partial charge on any atom is 0.306 e. The second-order valence-electron chi connectivity index (χ2n) is 20.6. The van der Waals surface area contributed by atoms with E-state index in [1.807, 2.05) is 0 Å². The van der Waals surface area contributed by atoms with Gasteiger partial charge in [0.05, 0.1) is 0 Å². The lowest BCUT2D eigenvalue weighted by atomic mass is 10.0. The summed E-state index contributed by atoms with van der Waals surface area (Å²) in [7, 11) is 0. The molecule has 0 unspecified atom stereocenters. The Hall–Kier alpha value is -2.89. The van der Waals surface area contributed by atoms with Crippen LogP contribution in [-0.4, -0.2) is 37.2 Å². The zero-order valence-corrected chi connectivity index (χ0v) is 47.2. The number of rotatable bonds is 56. The summed E-state index contributed by atoms with van der Waals surface area (Å²) < 4.78 is 16.9. The van der Waals surface area contributed by atoms with Crippen molar-refractivity contribution in [2.75, 3.05) is 13.2 Å². The summed E-state index contributed by atoms with van der Waals surface area (Å²) in [4.78, 5) is 38.2. The quantitative estimate of drug-likeness (QED) is 0.0261. The summed E-state index contributed by atoms with van der Waals surface area (Å²) >= 11 is 0. The van der Waals surface area contributed by atoms with Crippen LogP contribution < -0.4 is 0 Å². The molecule has 0 saturated heterocycles. The molecule has 0 aromatic rings. The van der Waals surface area contributed by atoms with E-state index in [1.165, 1.54) is 205 Å². The first kappa shape index (κ1) is 68.1. The topological polar surface area (TPSA) is 78.9 Å². The van der Waals surface area contributed by atoms with E-state index in [9.17, 15) is 14.4 Å². The average Bonchev–Trinajstić information content (AvgIpc) is 3.37. The first-order valence-corrected chi connectivity index (χ1v) is 30.8. The Bertz CT molecular complexity index is 1280. The van der Waals surface area contributed by atoms with Crippen LogP contribution in [0, 0.1) is 0 Å². The number of esters is 3. The van der Waals surface area contributed by atoms with Crippen LogP contribution in [0.2, 0.25) is 0 Å². The molecule has 6 heteroatoms. The molecule has 0 heterocycles. The smallest absolute Gasteiger partial charge is 0.306 e. The van der Waals surface area contributed by atoms with Gasteiger partial charge in [-0.15, -0.1) is 0 Å². The van der Waals surface area contributed by atoms with Gasteiger partial charge in [0.2, 0.25) is 0 Å². The summed E-state index contributed by atoms with van der Waals surface area (Å²) in [5.41, 5.74) is 0. The molecule has 6 nitrogen and oxygen atoms in total. The first-order valence-electron chi connectivity index (χ1n) is 30.8. The van der Waals surface area contributed by atoms with Crippen LogP contribution in [0.3, 0.4) is 0 Å². The molecule has 0 bridgehead atoms. The second-order valence-corrected chi connectivity index (χ2v) is 20.6. The lowest BCUT2D eigenvalue weighted by molar-refractivity contribution is -0.167. The standard InChI is InChI=1S/C65H116O6/c1-4-7-10-13-16-19-22-25-28-30-31-32-33-35-37-40-43-46-49-52-55-58-64(67)70-61-62(60-69-63(66)57-54-51-48-45-42-39-36-27-24-21-18-15-12-9-6-3)71-65(68)59-56-53-50-47-44-41-38-34-29-26-23-20-17-14-11-8-5-2/h25-29,36,38,41,47,50,62H,4-24,30-35,37,39-40,42-46,48-49,51-61H2,1-3H3/b28-25-,29-26-,36-27-,41-38-,50-47-/t62-/m0/s1. The number of carbonyl (C=O) groups excluding carboxylic acids is 3. The highest BCUT2D eigenvalue weighted by atomic mass is 16.6. The molecular formula is C65H116O6. The number of ether oxygens (including phenoxy) is 3. The van der Waals surface area contributed by atoms with Gasteiger partial charge in [0.1, 0.15) is 13.2 Å². The van der Waals surface area contributed by atoms with Crippen LogP contribution >= 0.6 is 0 Å². The highest BCUT2D eigenvalue weighted by Gasteiger charge is 2.19. The van der Waals surface area contributed by atoms with E-state index in [2.05, 4.69) is 81.5 Å². The van der Waals surface area contributed by atoms with Crippen molar-refractivity contribution in [1.29, 1.82) is 0 Å². The normalized spacial score (nSPS) is 12.4. The predicted molar refractivity (Wildman–Crippen MR) is 307 cm³/mol. The van der Waals surface area contributed by atoms with Gasteiger partial charge in [-0.2, -0.15) is 0 Å². The molecule has 0 aliphatic heterocycles. The van der Waals surface area contributed by atoms with Crippen molar-refractivity contribution in [2.45, 2.75) is 322 Å².